The monoisotopic (exact) mass is 209 g/mol. The Morgan fingerprint density at radius 1 is 1.67 bits per heavy atom. The van der Waals surface area contributed by atoms with Gasteiger partial charge >= 0.3 is 0 Å². The number of rotatable bonds is 4. The summed E-state index contributed by atoms with van der Waals surface area (Å²) in [6, 6.07) is 4.47. The van der Waals surface area contributed by atoms with Crippen LogP contribution in [0, 0.1) is 0 Å². The van der Waals surface area contributed by atoms with Gasteiger partial charge in [0, 0.05) is 32.2 Å². The molecule has 0 spiro atoms. The van der Waals surface area contributed by atoms with Gasteiger partial charge in [0.2, 0.25) is 0 Å². The van der Waals surface area contributed by atoms with Crippen molar-refractivity contribution in [2.75, 3.05) is 33.2 Å². The lowest BCUT2D eigenvalue weighted by molar-refractivity contribution is 0.234. The smallest absolute Gasteiger partial charge is 0.117 e. The van der Waals surface area contributed by atoms with Crippen LogP contribution in [0.15, 0.2) is 22.8 Å². The van der Waals surface area contributed by atoms with Crippen LogP contribution in [0.1, 0.15) is 5.76 Å². The topological polar surface area (TPSA) is 40.4 Å². The van der Waals surface area contributed by atoms with Crippen molar-refractivity contribution in [3.63, 3.8) is 0 Å². The van der Waals surface area contributed by atoms with E-state index in [1.54, 1.807) is 6.26 Å². The van der Waals surface area contributed by atoms with E-state index in [1.165, 1.54) is 0 Å². The summed E-state index contributed by atoms with van der Waals surface area (Å²) in [6.45, 7) is 5.16. The van der Waals surface area contributed by atoms with Crippen molar-refractivity contribution in [1.82, 2.24) is 15.5 Å². The molecule has 1 aromatic rings. The van der Waals surface area contributed by atoms with E-state index in [2.05, 4.69) is 22.6 Å². The minimum Gasteiger partial charge on any atom is -0.468 e. The van der Waals surface area contributed by atoms with Gasteiger partial charge in [-0.2, -0.15) is 0 Å². The minimum absolute atomic E-state index is 0.554. The first-order valence-corrected chi connectivity index (χ1v) is 5.49. The Morgan fingerprint density at radius 2 is 2.60 bits per heavy atom. The van der Waals surface area contributed by atoms with Crippen LogP contribution < -0.4 is 10.6 Å². The molecule has 4 nitrogen and oxygen atoms in total. The van der Waals surface area contributed by atoms with E-state index in [0.29, 0.717) is 6.04 Å². The third-order valence-electron chi connectivity index (χ3n) is 2.73. The fourth-order valence-corrected chi connectivity index (χ4v) is 1.91. The molecule has 15 heavy (non-hydrogen) atoms. The fraction of sp³-hybridized carbons (Fsp3) is 0.636. The van der Waals surface area contributed by atoms with E-state index >= 15 is 0 Å². The third-order valence-corrected chi connectivity index (χ3v) is 2.73. The quantitative estimate of drug-likeness (QED) is 0.747. The zero-order valence-electron chi connectivity index (χ0n) is 9.20. The predicted molar refractivity (Wildman–Crippen MR) is 59.7 cm³/mol. The van der Waals surface area contributed by atoms with E-state index in [0.717, 1.165) is 38.5 Å². The Hall–Kier alpha value is -0.840. The normalized spacial score (nSPS) is 23.1. The second-order valence-electron chi connectivity index (χ2n) is 4.12. The van der Waals surface area contributed by atoms with Crippen molar-refractivity contribution in [2.45, 2.75) is 12.6 Å². The third kappa shape index (κ3) is 3.34. The summed E-state index contributed by atoms with van der Waals surface area (Å²) in [5.41, 5.74) is 0. The molecule has 1 saturated heterocycles. The van der Waals surface area contributed by atoms with Crippen molar-refractivity contribution in [3.05, 3.63) is 24.2 Å². The summed E-state index contributed by atoms with van der Waals surface area (Å²) in [5.74, 6) is 0.999. The Balaban J connectivity index is 1.65. The highest BCUT2D eigenvalue weighted by atomic mass is 16.3. The number of nitrogens with one attached hydrogen (secondary N) is 2. The van der Waals surface area contributed by atoms with Gasteiger partial charge in [-0.05, 0) is 19.2 Å². The highest BCUT2D eigenvalue weighted by molar-refractivity contribution is 4.97. The maximum atomic E-state index is 5.25. The highest BCUT2D eigenvalue weighted by Gasteiger charge is 2.15. The predicted octanol–water partition coefficient (Wildman–Crippen LogP) is 0.273. The van der Waals surface area contributed by atoms with Crippen LogP contribution in [0.2, 0.25) is 0 Å². The summed E-state index contributed by atoms with van der Waals surface area (Å²) < 4.78 is 5.25. The molecule has 0 radical (unpaired) electrons. The Labute approximate surface area is 90.6 Å². The molecule has 0 bridgehead atoms. The zero-order chi connectivity index (χ0) is 10.5. The van der Waals surface area contributed by atoms with Crippen LogP contribution in [-0.2, 0) is 6.54 Å². The van der Waals surface area contributed by atoms with Crippen LogP contribution >= 0.6 is 0 Å². The fourth-order valence-electron chi connectivity index (χ4n) is 1.91. The van der Waals surface area contributed by atoms with E-state index < -0.39 is 0 Å². The number of likely N-dealkylation sites (N-methyl/N-ethyl adjacent to an activating group) is 1. The Bertz CT molecular complexity index is 273. The first-order chi connectivity index (χ1) is 7.34. The Morgan fingerprint density at radius 3 is 3.33 bits per heavy atom. The SMILES string of the molecule is CN1CCNC(CNCc2ccco2)C1. The molecule has 1 fully saturated rings. The largest absolute Gasteiger partial charge is 0.468 e. The lowest BCUT2D eigenvalue weighted by atomic mass is 10.2. The van der Waals surface area contributed by atoms with Crippen molar-refractivity contribution < 1.29 is 4.42 Å². The van der Waals surface area contributed by atoms with Gasteiger partial charge in [-0.15, -0.1) is 0 Å². The molecule has 2 N–H and O–H groups in total. The molecular formula is C11H19N3O. The molecule has 0 amide bonds. The molecule has 2 heterocycles. The van der Waals surface area contributed by atoms with Crippen molar-refractivity contribution >= 4 is 0 Å². The van der Waals surface area contributed by atoms with Gasteiger partial charge in [-0.25, -0.2) is 0 Å². The van der Waals surface area contributed by atoms with Crippen molar-refractivity contribution in [1.29, 1.82) is 0 Å². The van der Waals surface area contributed by atoms with E-state index in [-0.39, 0.29) is 0 Å². The van der Waals surface area contributed by atoms with Gasteiger partial charge in [-0.3, -0.25) is 0 Å². The minimum atomic E-state index is 0.554. The molecular weight excluding hydrogens is 190 g/mol. The number of furan rings is 1. The van der Waals surface area contributed by atoms with Gasteiger partial charge < -0.3 is 20.0 Å². The molecule has 2 rings (SSSR count). The van der Waals surface area contributed by atoms with Crippen LogP contribution in [0.3, 0.4) is 0 Å². The number of nitrogens with zero attached hydrogens (tertiary/aromatic N) is 1. The van der Waals surface area contributed by atoms with Gasteiger partial charge in [0.05, 0.1) is 12.8 Å². The first kappa shape index (κ1) is 10.7. The van der Waals surface area contributed by atoms with E-state index in [9.17, 15) is 0 Å². The maximum Gasteiger partial charge on any atom is 0.117 e. The standard InChI is InChI=1S/C11H19N3O/c1-14-5-4-13-10(9-14)7-12-8-11-3-2-6-15-11/h2-3,6,10,12-13H,4-5,7-9H2,1H3. The van der Waals surface area contributed by atoms with Crippen LogP contribution in [0.4, 0.5) is 0 Å². The van der Waals surface area contributed by atoms with Gasteiger partial charge in [0.1, 0.15) is 5.76 Å². The molecule has 1 aliphatic heterocycles. The zero-order valence-corrected chi connectivity index (χ0v) is 9.20. The van der Waals surface area contributed by atoms with Crippen LogP contribution in [0.25, 0.3) is 0 Å². The van der Waals surface area contributed by atoms with Crippen LogP contribution in [-0.4, -0.2) is 44.2 Å². The van der Waals surface area contributed by atoms with E-state index in [4.69, 9.17) is 4.42 Å². The highest BCUT2D eigenvalue weighted by Crippen LogP contribution is 1.99. The summed E-state index contributed by atoms with van der Waals surface area (Å²) in [6.07, 6.45) is 1.71. The van der Waals surface area contributed by atoms with Crippen molar-refractivity contribution in [3.8, 4) is 0 Å². The molecule has 0 aliphatic carbocycles. The maximum absolute atomic E-state index is 5.25. The molecule has 1 unspecified atom stereocenters. The average Bonchev–Trinajstić information content (AvgIpc) is 2.71. The molecule has 0 saturated carbocycles. The molecule has 4 heteroatoms. The summed E-state index contributed by atoms with van der Waals surface area (Å²) >= 11 is 0. The van der Waals surface area contributed by atoms with Gasteiger partial charge in [0.25, 0.3) is 0 Å². The second kappa shape index (κ2) is 5.30. The van der Waals surface area contributed by atoms with Gasteiger partial charge in [-0.1, -0.05) is 0 Å². The average molecular weight is 209 g/mol. The number of hydrogen-bond acceptors (Lipinski definition) is 4. The lowest BCUT2D eigenvalue weighted by Gasteiger charge is -2.30. The Kier molecular flexibility index (Phi) is 3.77. The lowest BCUT2D eigenvalue weighted by Crippen LogP contribution is -2.52. The molecule has 1 atom stereocenters. The molecule has 1 aliphatic rings. The van der Waals surface area contributed by atoms with E-state index in [1.807, 2.05) is 12.1 Å². The molecule has 0 aromatic carbocycles. The number of piperazine rings is 1. The molecule has 1 aromatic heterocycles. The summed E-state index contributed by atoms with van der Waals surface area (Å²) in [4.78, 5) is 2.36. The van der Waals surface area contributed by atoms with Crippen molar-refractivity contribution in [2.24, 2.45) is 0 Å². The van der Waals surface area contributed by atoms with Gasteiger partial charge in [0.15, 0.2) is 0 Å². The molecule has 84 valence electrons. The summed E-state index contributed by atoms with van der Waals surface area (Å²) in [5, 5.41) is 6.89. The second-order valence-corrected chi connectivity index (χ2v) is 4.12. The first-order valence-electron chi connectivity index (χ1n) is 5.49. The van der Waals surface area contributed by atoms with Crippen LogP contribution in [0.5, 0.6) is 0 Å². The number of hydrogen-bond donors (Lipinski definition) is 2. The summed E-state index contributed by atoms with van der Waals surface area (Å²) in [7, 11) is 2.17.